The number of hydrogen-bond donors (Lipinski definition) is 3. The summed E-state index contributed by atoms with van der Waals surface area (Å²) < 4.78 is 39.7. The fourth-order valence-corrected chi connectivity index (χ4v) is 3.84. The number of halogens is 5. The molecule has 3 rings (SSSR count). The lowest BCUT2D eigenvalue weighted by Crippen LogP contribution is -2.49. The zero-order valence-electron chi connectivity index (χ0n) is 12.8. The van der Waals surface area contributed by atoms with E-state index in [1.165, 1.54) is 17.8 Å². The smallest absolute Gasteiger partial charge is 0.356 e. The number of carbonyl (C=O) groups is 1. The molecule has 0 bridgehead atoms. The first kappa shape index (κ1) is 19.2. The third-order valence-corrected chi connectivity index (χ3v) is 5.38. The molecule has 0 saturated heterocycles. The Kier molecular flexibility index (Phi) is 5.29. The summed E-state index contributed by atoms with van der Waals surface area (Å²) in [5.41, 5.74) is -0.885. The van der Waals surface area contributed by atoms with Crippen LogP contribution in [0.2, 0.25) is 5.02 Å². The second-order valence-electron chi connectivity index (χ2n) is 5.26. The molecule has 2 aromatic carbocycles. The van der Waals surface area contributed by atoms with Gasteiger partial charge >= 0.3 is 12.2 Å². The lowest BCUT2D eigenvalue weighted by Gasteiger charge is -2.21. The number of carbonyl (C=O) groups excluding carboxylic acids is 1. The van der Waals surface area contributed by atoms with E-state index in [4.69, 9.17) is 17.4 Å². The van der Waals surface area contributed by atoms with Crippen LogP contribution in [0.25, 0.3) is 0 Å². The number of fused-ring (bicyclic) bond motifs is 1. The van der Waals surface area contributed by atoms with E-state index in [0.717, 1.165) is 27.2 Å². The van der Waals surface area contributed by atoms with E-state index in [-0.39, 0.29) is 5.69 Å². The molecule has 0 radical (unpaired) electrons. The van der Waals surface area contributed by atoms with Gasteiger partial charge < -0.3 is 10.6 Å². The largest absolute Gasteiger partial charge is 0.417 e. The minimum absolute atomic E-state index is 0.137. The van der Waals surface area contributed by atoms with E-state index < -0.39 is 28.3 Å². The lowest BCUT2D eigenvalue weighted by atomic mass is 10.2. The van der Waals surface area contributed by atoms with E-state index in [9.17, 15) is 18.0 Å². The SMILES string of the molecule is NN(C(=O)NC1Nc2cc(Br)ccc2S1)c1ccc(Cl)c(C(F)(F)F)c1. The van der Waals surface area contributed by atoms with Crippen LogP contribution in [-0.2, 0) is 6.18 Å². The molecule has 5 nitrogen and oxygen atoms in total. The molecule has 26 heavy (non-hydrogen) atoms. The monoisotopic (exact) mass is 466 g/mol. The molecule has 1 aliphatic heterocycles. The van der Waals surface area contributed by atoms with Gasteiger partial charge in [0, 0.05) is 9.37 Å². The van der Waals surface area contributed by atoms with Crippen molar-refractivity contribution in [1.29, 1.82) is 0 Å². The van der Waals surface area contributed by atoms with Crippen molar-refractivity contribution in [3.05, 3.63) is 51.5 Å². The first-order valence-electron chi connectivity index (χ1n) is 7.10. The first-order chi connectivity index (χ1) is 12.1. The number of nitrogens with one attached hydrogen (secondary N) is 2. The number of hydrazine groups is 1. The summed E-state index contributed by atoms with van der Waals surface area (Å²) in [6.45, 7) is 0. The molecule has 0 saturated carbocycles. The molecular formula is C15H11BrClF3N4OS. The number of nitrogens with two attached hydrogens (primary N) is 1. The molecular weight excluding hydrogens is 457 g/mol. The van der Waals surface area contributed by atoms with Crippen LogP contribution in [0.15, 0.2) is 45.8 Å². The minimum Gasteiger partial charge on any atom is -0.356 e. The summed E-state index contributed by atoms with van der Waals surface area (Å²) in [4.78, 5) is 13.2. The number of alkyl halides is 3. The molecule has 2 amide bonds. The van der Waals surface area contributed by atoms with Crippen LogP contribution in [0.1, 0.15) is 5.56 Å². The van der Waals surface area contributed by atoms with E-state index in [2.05, 4.69) is 26.6 Å². The van der Waals surface area contributed by atoms with Crippen molar-refractivity contribution in [2.24, 2.45) is 5.84 Å². The highest BCUT2D eigenvalue weighted by Gasteiger charge is 2.34. The van der Waals surface area contributed by atoms with E-state index in [1.54, 1.807) is 0 Å². The number of hydrogen-bond acceptors (Lipinski definition) is 4. The van der Waals surface area contributed by atoms with Crippen LogP contribution >= 0.6 is 39.3 Å². The quantitative estimate of drug-likeness (QED) is 0.330. The van der Waals surface area contributed by atoms with Crippen molar-refractivity contribution in [2.75, 3.05) is 10.3 Å². The highest BCUT2D eigenvalue weighted by atomic mass is 79.9. The molecule has 0 spiro atoms. The van der Waals surface area contributed by atoms with Crippen LogP contribution in [0.3, 0.4) is 0 Å². The molecule has 2 aromatic rings. The van der Waals surface area contributed by atoms with Gasteiger partial charge in [0.15, 0.2) is 5.50 Å². The van der Waals surface area contributed by atoms with E-state index in [0.29, 0.717) is 5.01 Å². The Hall–Kier alpha value is -1.62. The Morgan fingerprint density at radius 3 is 2.73 bits per heavy atom. The lowest BCUT2D eigenvalue weighted by molar-refractivity contribution is -0.137. The maximum absolute atomic E-state index is 12.9. The van der Waals surface area contributed by atoms with Crippen LogP contribution < -0.4 is 21.5 Å². The summed E-state index contributed by atoms with van der Waals surface area (Å²) in [7, 11) is 0. The predicted molar refractivity (Wildman–Crippen MR) is 99.1 cm³/mol. The van der Waals surface area contributed by atoms with Crippen molar-refractivity contribution in [3.8, 4) is 0 Å². The van der Waals surface area contributed by atoms with Crippen LogP contribution in [0.5, 0.6) is 0 Å². The fraction of sp³-hybridized carbons (Fsp3) is 0.133. The van der Waals surface area contributed by atoms with Crippen molar-refractivity contribution in [3.63, 3.8) is 0 Å². The van der Waals surface area contributed by atoms with Crippen LogP contribution in [-0.4, -0.2) is 11.5 Å². The zero-order chi connectivity index (χ0) is 19.1. The van der Waals surface area contributed by atoms with Gasteiger partial charge in [-0.05, 0) is 36.4 Å². The standard InChI is InChI=1S/C15H11BrClF3N4OS/c16-7-1-4-12-11(5-7)22-13(26-12)23-14(25)24(21)8-2-3-10(17)9(6-8)15(18,19)20/h1-6,13,22H,21H2,(H,23,25). The normalized spacial score (nSPS) is 16.0. The second-order valence-corrected chi connectivity index (χ2v) is 7.73. The molecule has 1 heterocycles. The summed E-state index contributed by atoms with van der Waals surface area (Å²) >= 11 is 10.3. The number of anilines is 2. The van der Waals surface area contributed by atoms with Gasteiger partial charge in [-0.15, -0.1) is 0 Å². The average molecular weight is 468 g/mol. The molecule has 4 N–H and O–H groups in total. The molecule has 0 fully saturated rings. The first-order valence-corrected chi connectivity index (χ1v) is 9.15. The Labute approximate surface area is 164 Å². The summed E-state index contributed by atoms with van der Waals surface area (Å²) in [6, 6.07) is 7.82. The number of nitrogens with zero attached hydrogens (tertiary/aromatic N) is 1. The predicted octanol–water partition coefficient (Wildman–Crippen LogP) is 5.01. The van der Waals surface area contributed by atoms with Gasteiger partial charge in [-0.25, -0.2) is 15.6 Å². The molecule has 138 valence electrons. The van der Waals surface area contributed by atoms with Gasteiger partial charge in [0.1, 0.15) is 0 Å². The highest BCUT2D eigenvalue weighted by molar-refractivity contribution is 9.10. The molecule has 1 unspecified atom stereocenters. The average Bonchev–Trinajstić information content (AvgIpc) is 2.94. The fourth-order valence-electron chi connectivity index (χ4n) is 2.26. The van der Waals surface area contributed by atoms with Gasteiger partial charge in [-0.1, -0.05) is 39.3 Å². The zero-order valence-corrected chi connectivity index (χ0v) is 15.9. The van der Waals surface area contributed by atoms with Gasteiger partial charge in [-0.2, -0.15) is 13.2 Å². The molecule has 1 atom stereocenters. The van der Waals surface area contributed by atoms with Gasteiger partial charge in [0.25, 0.3) is 0 Å². The number of urea groups is 1. The number of amides is 2. The van der Waals surface area contributed by atoms with Crippen molar-refractivity contribution >= 4 is 56.7 Å². The highest BCUT2D eigenvalue weighted by Crippen LogP contribution is 2.39. The minimum atomic E-state index is -4.65. The summed E-state index contributed by atoms with van der Waals surface area (Å²) in [6.07, 6.45) is -4.65. The summed E-state index contributed by atoms with van der Waals surface area (Å²) in [5, 5.41) is 5.81. The summed E-state index contributed by atoms with van der Waals surface area (Å²) in [5.74, 6) is 5.67. The van der Waals surface area contributed by atoms with Crippen LogP contribution in [0.4, 0.5) is 29.3 Å². The van der Waals surface area contributed by atoms with Gasteiger partial charge in [0.2, 0.25) is 0 Å². The maximum atomic E-state index is 12.9. The Bertz CT molecular complexity index is 867. The maximum Gasteiger partial charge on any atom is 0.417 e. The third-order valence-electron chi connectivity index (χ3n) is 3.48. The number of benzene rings is 2. The number of rotatable bonds is 2. The van der Waals surface area contributed by atoms with Crippen LogP contribution in [0, 0.1) is 0 Å². The number of thioether (sulfide) groups is 1. The molecule has 1 aliphatic rings. The molecule has 0 aliphatic carbocycles. The van der Waals surface area contributed by atoms with Crippen molar-refractivity contribution in [2.45, 2.75) is 16.6 Å². The Morgan fingerprint density at radius 1 is 1.31 bits per heavy atom. The van der Waals surface area contributed by atoms with E-state index in [1.807, 2.05) is 18.2 Å². The molecule has 0 aromatic heterocycles. The van der Waals surface area contributed by atoms with Gasteiger partial charge in [-0.3, -0.25) is 0 Å². The Balaban J connectivity index is 1.71. The second kappa shape index (κ2) is 7.18. The molecule has 11 heteroatoms. The van der Waals surface area contributed by atoms with Gasteiger partial charge in [0.05, 0.1) is 22.0 Å². The third kappa shape index (κ3) is 4.03. The van der Waals surface area contributed by atoms with Crippen molar-refractivity contribution < 1.29 is 18.0 Å². The van der Waals surface area contributed by atoms with E-state index >= 15 is 0 Å². The van der Waals surface area contributed by atoms with Crippen molar-refractivity contribution in [1.82, 2.24) is 5.32 Å². The Morgan fingerprint density at radius 2 is 2.04 bits per heavy atom. The topological polar surface area (TPSA) is 70.4 Å².